The lowest BCUT2D eigenvalue weighted by Crippen LogP contribution is -2.32. The van der Waals surface area contributed by atoms with Crippen molar-refractivity contribution in [3.05, 3.63) is 36.4 Å². The summed E-state index contributed by atoms with van der Waals surface area (Å²) in [5, 5.41) is 1.77. The second-order valence-electron chi connectivity index (χ2n) is 4.83. The monoisotopic (exact) mass is 246 g/mol. The maximum Gasteiger partial charge on any atom is 0.267 e. The first-order chi connectivity index (χ1) is 8.56. The van der Waals surface area contributed by atoms with Crippen molar-refractivity contribution in [2.45, 2.75) is 13.8 Å². The van der Waals surface area contributed by atoms with Gasteiger partial charge in [0.15, 0.2) is 0 Å². The van der Waals surface area contributed by atoms with Gasteiger partial charge < -0.3 is 4.74 Å². The zero-order valence-electron chi connectivity index (χ0n) is 10.8. The summed E-state index contributed by atoms with van der Waals surface area (Å²) in [6.45, 7) is 9.11. The fourth-order valence-corrected chi connectivity index (χ4v) is 1.66. The Kier molecular flexibility index (Phi) is 3.55. The van der Waals surface area contributed by atoms with E-state index in [9.17, 15) is 4.79 Å². The predicted octanol–water partition coefficient (Wildman–Crippen LogP) is 2.13. The molecule has 1 aliphatic rings. The van der Waals surface area contributed by atoms with Crippen LogP contribution >= 0.6 is 0 Å². The summed E-state index contributed by atoms with van der Waals surface area (Å²) in [7, 11) is 0. The molecule has 4 heteroatoms. The molecule has 1 fully saturated rings. The first-order valence-electron chi connectivity index (χ1n) is 6.05. The van der Waals surface area contributed by atoms with Gasteiger partial charge >= 0.3 is 0 Å². The number of benzene rings is 1. The molecule has 1 heterocycles. The van der Waals surface area contributed by atoms with Crippen molar-refractivity contribution in [3.63, 3.8) is 0 Å². The zero-order valence-corrected chi connectivity index (χ0v) is 10.8. The molecule has 4 nitrogen and oxygen atoms in total. The summed E-state index contributed by atoms with van der Waals surface area (Å²) in [5.41, 5.74) is 4.23. The second kappa shape index (κ2) is 5.12. The number of hydrogen-bond acceptors (Lipinski definition) is 3. The van der Waals surface area contributed by atoms with Gasteiger partial charge in [0.05, 0.1) is 18.8 Å². The van der Waals surface area contributed by atoms with E-state index in [1.54, 1.807) is 5.01 Å². The lowest BCUT2D eigenvalue weighted by Gasteiger charge is -2.18. The molecule has 1 aromatic rings. The van der Waals surface area contributed by atoms with Crippen LogP contribution in [0.15, 0.2) is 36.4 Å². The van der Waals surface area contributed by atoms with Crippen LogP contribution in [-0.4, -0.2) is 19.1 Å². The van der Waals surface area contributed by atoms with Crippen LogP contribution in [0.5, 0.6) is 5.75 Å². The number of hydrazine groups is 1. The number of hydrogen-bond donors (Lipinski definition) is 1. The summed E-state index contributed by atoms with van der Waals surface area (Å²) >= 11 is 0. The average molecular weight is 246 g/mol. The normalized spacial score (nSPS) is 15.2. The highest BCUT2D eigenvalue weighted by Crippen LogP contribution is 2.23. The second-order valence-corrected chi connectivity index (χ2v) is 4.83. The van der Waals surface area contributed by atoms with Gasteiger partial charge in [0.2, 0.25) is 0 Å². The molecule has 0 aliphatic carbocycles. The van der Waals surface area contributed by atoms with Crippen LogP contribution in [0.2, 0.25) is 0 Å². The van der Waals surface area contributed by atoms with Gasteiger partial charge in [-0.1, -0.05) is 26.5 Å². The van der Waals surface area contributed by atoms with Crippen LogP contribution in [0, 0.1) is 5.92 Å². The summed E-state index contributed by atoms with van der Waals surface area (Å²) in [4.78, 5) is 11.4. The molecule has 0 unspecified atom stereocenters. The van der Waals surface area contributed by atoms with Crippen LogP contribution in [-0.2, 0) is 4.79 Å². The minimum Gasteiger partial charge on any atom is -0.493 e. The number of amides is 1. The van der Waals surface area contributed by atoms with Gasteiger partial charge in [0.1, 0.15) is 5.75 Å². The number of carbonyl (C=O) groups excluding carboxylic acids is 1. The summed E-state index contributed by atoms with van der Waals surface area (Å²) in [6.07, 6.45) is 0. The van der Waals surface area contributed by atoms with E-state index in [0.717, 1.165) is 11.4 Å². The largest absolute Gasteiger partial charge is 0.493 e. The predicted molar refractivity (Wildman–Crippen MR) is 71.4 cm³/mol. The zero-order chi connectivity index (χ0) is 13.1. The third-order valence-electron chi connectivity index (χ3n) is 2.62. The molecule has 1 amide bonds. The van der Waals surface area contributed by atoms with E-state index in [-0.39, 0.29) is 5.91 Å². The van der Waals surface area contributed by atoms with Crippen molar-refractivity contribution in [3.8, 4) is 5.75 Å². The number of ether oxygens (including phenoxy) is 1. The van der Waals surface area contributed by atoms with Crippen LogP contribution in [0.25, 0.3) is 0 Å². The van der Waals surface area contributed by atoms with Gasteiger partial charge in [-0.05, 0) is 18.1 Å². The highest BCUT2D eigenvalue weighted by molar-refractivity contribution is 5.97. The van der Waals surface area contributed by atoms with Crippen LogP contribution in [0.3, 0.4) is 0 Å². The van der Waals surface area contributed by atoms with Crippen molar-refractivity contribution in [1.29, 1.82) is 0 Å². The molecule has 0 bridgehead atoms. The van der Waals surface area contributed by atoms with E-state index < -0.39 is 0 Å². The minimum atomic E-state index is -0.122. The van der Waals surface area contributed by atoms with Gasteiger partial charge in [-0.3, -0.25) is 15.2 Å². The fourth-order valence-electron chi connectivity index (χ4n) is 1.66. The highest BCUT2D eigenvalue weighted by atomic mass is 16.5. The van der Waals surface area contributed by atoms with E-state index in [1.807, 2.05) is 24.3 Å². The smallest absolute Gasteiger partial charge is 0.267 e. The minimum absolute atomic E-state index is 0.122. The molecular weight excluding hydrogens is 228 g/mol. The first kappa shape index (κ1) is 12.5. The fraction of sp³-hybridized carbons (Fsp3) is 0.357. The van der Waals surface area contributed by atoms with Crippen LogP contribution in [0.1, 0.15) is 13.8 Å². The van der Waals surface area contributed by atoms with Crippen molar-refractivity contribution in [1.82, 2.24) is 5.43 Å². The van der Waals surface area contributed by atoms with Crippen molar-refractivity contribution in [2.75, 3.05) is 18.2 Å². The van der Waals surface area contributed by atoms with Gasteiger partial charge in [-0.2, -0.15) is 0 Å². The maximum absolute atomic E-state index is 11.4. The lowest BCUT2D eigenvalue weighted by atomic mass is 10.2. The number of carbonyl (C=O) groups is 1. The molecule has 1 aliphatic heterocycles. The highest BCUT2D eigenvalue weighted by Gasteiger charge is 2.22. The standard InChI is InChI=1S/C14H18N2O2/c1-10(2)9-18-13-6-4-5-12(7-13)16-8-11(3)14(17)15-16/h4-7,10H,3,8-9H2,1-2H3,(H,15,17). The topological polar surface area (TPSA) is 41.6 Å². The molecular formula is C14H18N2O2. The Morgan fingerprint density at radius 1 is 1.50 bits per heavy atom. The SMILES string of the molecule is C=C1CN(c2cccc(OCC(C)C)c2)NC1=O. The molecule has 1 saturated heterocycles. The Morgan fingerprint density at radius 2 is 2.28 bits per heavy atom. The number of rotatable bonds is 4. The summed E-state index contributed by atoms with van der Waals surface area (Å²) in [5.74, 6) is 1.18. The van der Waals surface area contributed by atoms with E-state index in [2.05, 4.69) is 25.9 Å². The van der Waals surface area contributed by atoms with Crippen LogP contribution in [0.4, 0.5) is 5.69 Å². The van der Waals surface area contributed by atoms with E-state index in [1.165, 1.54) is 0 Å². The molecule has 0 aromatic heterocycles. The van der Waals surface area contributed by atoms with Crippen molar-refractivity contribution in [2.24, 2.45) is 5.92 Å². The molecule has 2 rings (SSSR count). The van der Waals surface area contributed by atoms with Gasteiger partial charge in [-0.25, -0.2) is 0 Å². The summed E-state index contributed by atoms with van der Waals surface area (Å²) < 4.78 is 5.66. The third-order valence-corrected chi connectivity index (χ3v) is 2.62. The number of nitrogens with one attached hydrogen (secondary N) is 1. The number of nitrogens with zero attached hydrogens (tertiary/aromatic N) is 1. The third kappa shape index (κ3) is 2.83. The quantitative estimate of drug-likeness (QED) is 0.827. The van der Waals surface area contributed by atoms with Crippen molar-refractivity contribution >= 4 is 11.6 Å². The molecule has 0 atom stereocenters. The molecule has 18 heavy (non-hydrogen) atoms. The molecule has 1 N–H and O–H groups in total. The Labute approximate surface area is 107 Å². The Hall–Kier alpha value is -1.97. The maximum atomic E-state index is 11.4. The molecule has 0 spiro atoms. The van der Waals surface area contributed by atoms with E-state index in [0.29, 0.717) is 24.6 Å². The van der Waals surface area contributed by atoms with E-state index in [4.69, 9.17) is 4.74 Å². The van der Waals surface area contributed by atoms with Crippen molar-refractivity contribution < 1.29 is 9.53 Å². The average Bonchev–Trinajstić information content (AvgIpc) is 2.68. The van der Waals surface area contributed by atoms with Crippen LogP contribution < -0.4 is 15.2 Å². The molecule has 0 radical (unpaired) electrons. The Balaban J connectivity index is 2.08. The Bertz CT molecular complexity index is 453. The van der Waals surface area contributed by atoms with Gasteiger partial charge in [0.25, 0.3) is 5.91 Å². The number of anilines is 1. The molecule has 96 valence electrons. The molecule has 1 aromatic carbocycles. The lowest BCUT2D eigenvalue weighted by molar-refractivity contribution is -0.116. The van der Waals surface area contributed by atoms with E-state index >= 15 is 0 Å². The van der Waals surface area contributed by atoms with Gasteiger partial charge in [0, 0.05) is 11.6 Å². The van der Waals surface area contributed by atoms with Gasteiger partial charge in [-0.15, -0.1) is 0 Å². The Morgan fingerprint density at radius 3 is 2.89 bits per heavy atom. The first-order valence-corrected chi connectivity index (χ1v) is 6.05. The summed E-state index contributed by atoms with van der Waals surface area (Å²) in [6, 6.07) is 7.68. The molecule has 0 saturated carbocycles.